The number of nitrogens with zero attached hydrogens (tertiary/aromatic N) is 2. The van der Waals surface area contributed by atoms with Gasteiger partial charge in [0.25, 0.3) is 0 Å². The normalized spacial score (nSPS) is 29.1. The molecule has 4 heteroatoms. The molecule has 0 spiro atoms. The van der Waals surface area contributed by atoms with Crippen LogP contribution in [0.3, 0.4) is 0 Å². The predicted octanol–water partition coefficient (Wildman–Crippen LogP) is 2.21. The molecule has 0 aromatic carbocycles. The van der Waals surface area contributed by atoms with Gasteiger partial charge in [0.2, 0.25) is 5.91 Å². The van der Waals surface area contributed by atoms with Crippen molar-refractivity contribution in [2.24, 2.45) is 0 Å². The Morgan fingerprint density at radius 3 is 2.67 bits per heavy atom. The second kappa shape index (κ2) is 6.80. The van der Waals surface area contributed by atoms with Crippen molar-refractivity contribution >= 4 is 17.7 Å². The monoisotopic (exact) mass is 270 g/mol. The lowest BCUT2D eigenvalue weighted by Crippen LogP contribution is -2.48. The molecule has 2 aliphatic heterocycles. The fraction of sp³-hybridized carbons (Fsp3) is 0.929. The Kier molecular flexibility index (Phi) is 5.37. The highest BCUT2D eigenvalue weighted by atomic mass is 32.2. The van der Waals surface area contributed by atoms with E-state index in [9.17, 15) is 4.79 Å². The van der Waals surface area contributed by atoms with Crippen LogP contribution in [-0.2, 0) is 4.79 Å². The van der Waals surface area contributed by atoms with Gasteiger partial charge in [0.1, 0.15) is 0 Å². The van der Waals surface area contributed by atoms with Crippen LogP contribution in [0.15, 0.2) is 0 Å². The Balaban J connectivity index is 1.96. The van der Waals surface area contributed by atoms with Crippen LogP contribution in [0.5, 0.6) is 0 Å². The van der Waals surface area contributed by atoms with Crippen molar-refractivity contribution < 1.29 is 4.79 Å². The molecule has 2 fully saturated rings. The Hall–Kier alpha value is -0.220. The highest BCUT2D eigenvalue weighted by molar-refractivity contribution is 7.98. The third kappa shape index (κ3) is 3.02. The van der Waals surface area contributed by atoms with E-state index in [-0.39, 0.29) is 0 Å². The van der Waals surface area contributed by atoms with Crippen LogP contribution in [0.25, 0.3) is 0 Å². The van der Waals surface area contributed by atoms with Gasteiger partial charge in [-0.05, 0) is 45.0 Å². The fourth-order valence-electron chi connectivity index (χ4n) is 3.52. The number of carbonyl (C=O) groups is 1. The predicted molar refractivity (Wildman–Crippen MR) is 78.0 cm³/mol. The lowest BCUT2D eigenvalue weighted by atomic mass is 10.0. The highest BCUT2D eigenvalue weighted by Crippen LogP contribution is 2.30. The number of hydrogen-bond acceptors (Lipinski definition) is 3. The van der Waals surface area contributed by atoms with E-state index in [0.29, 0.717) is 18.0 Å². The van der Waals surface area contributed by atoms with Gasteiger partial charge in [0, 0.05) is 30.8 Å². The summed E-state index contributed by atoms with van der Waals surface area (Å²) < 4.78 is 0. The van der Waals surface area contributed by atoms with E-state index in [2.05, 4.69) is 23.0 Å². The first kappa shape index (κ1) is 14.2. The number of amides is 1. The summed E-state index contributed by atoms with van der Waals surface area (Å²) in [6.07, 6.45) is 7.80. The maximum Gasteiger partial charge on any atom is 0.223 e. The van der Waals surface area contributed by atoms with Crippen molar-refractivity contribution in [3.63, 3.8) is 0 Å². The number of thioether (sulfide) groups is 1. The molecular formula is C14H26N2OS. The fourth-order valence-corrected chi connectivity index (χ4v) is 3.89. The molecule has 0 bridgehead atoms. The Bertz CT molecular complexity index is 285. The minimum absolute atomic E-state index is 0.384. The molecule has 1 amide bonds. The molecule has 0 unspecified atom stereocenters. The van der Waals surface area contributed by atoms with Gasteiger partial charge in [-0.2, -0.15) is 11.8 Å². The summed E-state index contributed by atoms with van der Waals surface area (Å²) in [6, 6.07) is 1.14. The zero-order valence-electron chi connectivity index (χ0n) is 11.7. The van der Waals surface area contributed by atoms with E-state index in [4.69, 9.17) is 0 Å². The van der Waals surface area contributed by atoms with E-state index >= 15 is 0 Å². The standard InChI is InChI=1S/C14H26N2OS/c1-3-15-9-4-6-12(15)13-7-5-10-16(13)14(17)8-11-18-2/h12-13H,3-11H2,1-2H3/t12-,13+/m1/s1. The Morgan fingerprint density at radius 1 is 1.22 bits per heavy atom. The van der Waals surface area contributed by atoms with E-state index in [1.165, 1.54) is 32.2 Å². The van der Waals surface area contributed by atoms with E-state index in [1.807, 2.05) is 0 Å². The van der Waals surface area contributed by atoms with Gasteiger partial charge in [-0.1, -0.05) is 6.92 Å². The van der Waals surface area contributed by atoms with Crippen LogP contribution >= 0.6 is 11.8 Å². The largest absolute Gasteiger partial charge is 0.338 e. The third-order valence-electron chi connectivity index (χ3n) is 4.40. The van der Waals surface area contributed by atoms with Gasteiger partial charge in [-0.15, -0.1) is 0 Å². The maximum atomic E-state index is 12.3. The summed E-state index contributed by atoms with van der Waals surface area (Å²) >= 11 is 1.77. The molecule has 2 atom stereocenters. The molecule has 0 radical (unpaired) electrons. The first-order chi connectivity index (χ1) is 8.77. The molecule has 3 nitrogen and oxygen atoms in total. The SMILES string of the molecule is CCN1CCC[C@@H]1[C@@H]1CCCN1C(=O)CCSC. The third-order valence-corrected chi connectivity index (χ3v) is 5.02. The molecule has 104 valence electrons. The van der Waals surface area contributed by atoms with Crippen molar-refractivity contribution in [1.82, 2.24) is 9.80 Å². The molecule has 18 heavy (non-hydrogen) atoms. The van der Waals surface area contributed by atoms with Crippen molar-refractivity contribution in [3.05, 3.63) is 0 Å². The van der Waals surface area contributed by atoms with Gasteiger partial charge in [-0.25, -0.2) is 0 Å². The second-order valence-corrected chi connectivity index (χ2v) is 6.36. The summed E-state index contributed by atoms with van der Waals surface area (Å²) in [5, 5.41) is 0. The minimum Gasteiger partial charge on any atom is -0.338 e. The Labute approximate surface area is 115 Å². The molecule has 2 heterocycles. The van der Waals surface area contributed by atoms with Gasteiger partial charge in [0.15, 0.2) is 0 Å². The minimum atomic E-state index is 0.384. The lowest BCUT2D eigenvalue weighted by Gasteiger charge is -2.34. The number of likely N-dealkylation sites (tertiary alicyclic amines) is 2. The van der Waals surface area contributed by atoms with Crippen LogP contribution in [-0.4, -0.2) is 59.4 Å². The van der Waals surface area contributed by atoms with Crippen molar-refractivity contribution in [2.75, 3.05) is 31.6 Å². The average Bonchev–Trinajstić information content (AvgIpc) is 3.02. The quantitative estimate of drug-likeness (QED) is 0.765. The molecular weight excluding hydrogens is 244 g/mol. The molecule has 0 saturated carbocycles. The number of likely N-dealkylation sites (N-methyl/N-ethyl adjacent to an activating group) is 1. The molecule has 2 aliphatic rings. The number of rotatable bonds is 5. The van der Waals surface area contributed by atoms with Gasteiger partial charge in [-0.3, -0.25) is 9.69 Å². The summed E-state index contributed by atoms with van der Waals surface area (Å²) in [7, 11) is 0. The topological polar surface area (TPSA) is 23.6 Å². The van der Waals surface area contributed by atoms with Crippen LogP contribution in [0.2, 0.25) is 0 Å². The lowest BCUT2D eigenvalue weighted by molar-refractivity contribution is -0.132. The summed E-state index contributed by atoms with van der Waals surface area (Å²) in [5.41, 5.74) is 0. The molecule has 2 saturated heterocycles. The zero-order chi connectivity index (χ0) is 13.0. The first-order valence-corrected chi connectivity index (χ1v) is 8.69. The molecule has 2 rings (SSSR count). The average molecular weight is 270 g/mol. The van der Waals surface area contributed by atoms with Crippen LogP contribution < -0.4 is 0 Å². The first-order valence-electron chi connectivity index (χ1n) is 7.30. The maximum absolute atomic E-state index is 12.3. The van der Waals surface area contributed by atoms with E-state index in [0.717, 1.165) is 25.3 Å². The Morgan fingerprint density at radius 2 is 1.94 bits per heavy atom. The number of carbonyl (C=O) groups excluding carboxylic acids is 1. The van der Waals surface area contributed by atoms with Crippen molar-refractivity contribution in [1.29, 1.82) is 0 Å². The molecule has 0 aliphatic carbocycles. The summed E-state index contributed by atoms with van der Waals surface area (Å²) in [6.45, 7) is 5.59. The highest BCUT2D eigenvalue weighted by Gasteiger charge is 2.38. The second-order valence-electron chi connectivity index (χ2n) is 5.38. The van der Waals surface area contributed by atoms with E-state index < -0.39 is 0 Å². The van der Waals surface area contributed by atoms with Crippen LogP contribution in [0.4, 0.5) is 0 Å². The molecule has 0 aromatic heterocycles. The number of hydrogen-bond donors (Lipinski definition) is 0. The van der Waals surface area contributed by atoms with Gasteiger partial charge < -0.3 is 4.90 Å². The van der Waals surface area contributed by atoms with Crippen LogP contribution in [0, 0.1) is 0 Å². The van der Waals surface area contributed by atoms with Crippen LogP contribution in [0.1, 0.15) is 39.0 Å². The zero-order valence-corrected chi connectivity index (χ0v) is 12.5. The smallest absolute Gasteiger partial charge is 0.223 e. The van der Waals surface area contributed by atoms with Crippen molar-refractivity contribution in [3.8, 4) is 0 Å². The van der Waals surface area contributed by atoms with Gasteiger partial charge in [0.05, 0.1) is 0 Å². The van der Waals surface area contributed by atoms with Crippen molar-refractivity contribution in [2.45, 2.75) is 51.1 Å². The van der Waals surface area contributed by atoms with Gasteiger partial charge >= 0.3 is 0 Å². The van der Waals surface area contributed by atoms with E-state index in [1.54, 1.807) is 11.8 Å². The molecule has 0 N–H and O–H groups in total. The summed E-state index contributed by atoms with van der Waals surface area (Å²) in [5.74, 6) is 1.35. The summed E-state index contributed by atoms with van der Waals surface area (Å²) in [4.78, 5) is 17.0. The molecule has 0 aromatic rings.